The van der Waals surface area contributed by atoms with E-state index in [1.807, 2.05) is 4.90 Å². The topological polar surface area (TPSA) is 32.3 Å². The number of amides is 1. The van der Waals surface area contributed by atoms with Crippen LogP contribution in [0.3, 0.4) is 0 Å². The molecule has 0 bridgehead atoms. The summed E-state index contributed by atoms with van der Waals surface area (Å²) in [5.41, 5.74) is 0. The van der Waals surface area contributed by atoms with Crippen LogP contribution >= 0.6 is 0 Å². The molecule has 1 amide bonds. The number of unbranched alkanes of at least 4 members (excludes halogenated alkanes) is 1. The number of hydrogen-bond acceptors (Lipinski definition) is 2. The molecule has 1 atom stereocenters. The average Bonchev–Trinajstić information content (AvgIpc) is 3.00. The van der Waals surface area contributed by atoms with Crippen molar-refractivity contribution in [2.45, 2.75) is 51.5 Å². The van der Waals surface area contributed by atoms with Gasteiger partial charge < -0.3 is 4.90 Å². The van der Waals surface area contributed by atoms with Crippen molar-refractivity contribution in [2.24, 2.45) is 5.92 Å². The quantitative estimate of drug-likeness (QED) is 0.724. The van der Waals surface area contributed by atoms with E-state index in [2.05, 4.69) is 12.2 Å². The Morgan fingerprint density at radius 1 is 1.40 bits per heavy atom. The van der Waals surface area contributed by atoms with Crippen LogP contribution in [0.2, 0.25) is 0 Å². The van der Waals surface area contributed by atoms with Crippen LogP contribution in [0.4, 0.5) is 0 Å². The number of hydrogen-bond donors (Lipinski definition) is 1. The van der Waals surface area contributed by atoms with Crippen LogP contribution in [0, 0.1) is 5.92 Å². The van der Waals surface area contributed by atoms with E-state index in [4.69, 9.17) is 0 Å². The zero-order valence-corrected chi connectivity index (χ0v) is 9.67. The lowest BCUT2D eigenvalue weighted by molar-refractivity contribution is -0.129. The van der Waals surface area contributed by atoms with Crippen molar-refractivity contribution in [2.75, 3.05) is 13.2 Å². The van der Waals surface area contributed by atoms with Gasteiger partial charge in [-0.2, -0.15) is 0 Å². The second-order valence-electron chi connectivity index (χ2n) is 4.89. The Kier molecular flexibility index (Phi) is 3.62. The van der Waals surface area contributed by atoms with Crippen LogP contribution in [0.25, 0.3) is 0 Å². The summed E-state index contributed by atoms with van der Waals surface area (Å²) in [6.07, 6.45) is 7.32. The smallest absolute Gasteiger partial charge is 0.240 e. The highest BCUT2D eigenvalue weighted by molar-refractivity contribution is 5.83. The maximum Gasteiger partial charge on any atom is 0.240 e. The van der Waals surface area contributed by atoms with Crippen LogP contribution in [0.5, 0.6) is 0 Å². The molecule has 0 spiro atoms. The van der Waals surface area contributed by atoms with Crippen LogP contribution < -0.4 is 5.32 Å². The molecule has 2 aliphatic rings. The summed E-state index contributed by atoms with van der Waals surface area (Å²) < 4.78 is 0. The number of rotatable bonds is 6. The van der Waals surface area contributed by atoms with Gasteiger partial charge in [-0.25, -0.2) is 0 Å². The number of nitrogens with zero attached hydrogens (tertiary/aromatic N) is 1. The predicted octanol–water partition coefficient (Wildman–Crippen LogP) is 1.73. The van der Waals surface area contributed by atoms with Crippen molar-refractivity contribution in [3.63, 3.8) is 0 Å². The van der Waals surface area contributed by atoms with Gasteiger partial charge >= 0.3 is 0 Å². The molecule has 0 aromatic carbocycles. The normalized spacial score (nSPS) is 26.3. The molecule has 1 heterocycles. The second-order valence-corrected chi connectivity index (χ2v) is 4.89. The Morgan fingerprint density at radius 3 is 2.87 bits per heavy atom. The SMILES string of the molecule is CCCCC1NCN(CCC2CC2)C1=O. The van der Waals surface area contributed by atoms with Gasteiger partial charge in [0.25, 0.3) is 0 Å². The Balaban J connectivity index is 1.70. The largest absolute Gasteiger partial charge is 0.329 e. The predicted molar refractivity (Wildman–Crippen MR) is 60.4 cm³/mol. The standard InChI is InChI=1S/C12H22N2O/c1-2-3-4-11-12(15)14(9-13-11)8-7-10-5-6-10/h10-11,13H,2-9H2,1H3. The molecule has 1 saturated carbocycles. The van der Waals surface area contributed by atoms with E-state index < -0.39 is 0 Å². The summed E-state index contributed by atoms with van der Waals surface area (Å²) >= 11 is 0. The van der Waals surface area contributed by atoms with Gasteiger partial charge in [0.1, 0.15) is 0 Å². The van der Waals surface area contributed by atoms with Gasteiger partial charge in [0.05, 0.1) is 12.7 Å². The molecule has 1 saturated heterocycles. The summed E-state index contributed by atoms with van der Waals surface area (Å²) in [6, 6.07) is 0.115. The minimum Gasteiger partial charge on any atom is -0.329 e. The molecule has 0 aromatic heterocycles. The van der Waals surface area contributed by atoms with Gasteiger partial charge in [-0.15, -0.1) is 0 Å². The first-order chi connectivity index (χ1) is 7.31. The lowest BCUT2D eigenvalue weighted by Crippen LogP contribution is -2.31. The summed E-state index contributed by atoms with van der Waals surface area (Å²) in [6.45, 7) is 3.92. The van der Waals surface area contributed by atoms with E-state index in [1.165, 1.54) is 25.7 Å². The molecule has 2 rings (SSSR count). The van der Waals surface area contributed by atoms with Crippen molar-refractivity contribution < 1.29 is 4.79 Å². The highest BCUT2D eigenvalue weighted by atomic mass is 16.2. The van der Waals surface area contributed by atoms with E-state index in [0.717, 1.165) is 32.0 Å². The molecule has 86 valence electrons. The molecule has 1 aliphatic heterocycles. The van der Waals surface area contributed by atoms with Gasteiger partial charge in [0.15, 0.2) is 0 Å². The summed E-state index contributed by atoms with van der Waals surface area (Å²) in [5.74, 6) is 1.26. The zero-order valence-electron chi connectivity index (χ0n) is 9.67. The van der Waals surface area contributed by atoms with E-state index in [-0.39, 0.29) is 6.04 Å². The fourth-order valence-corrected chi connectivity index (χ4v) is 2.17. The summed E-state index contributed by atoms with van der Waals surface area (Å²) in [5, 5.41) is 3.31. The van der Waals surface area contributed by atoms with Crippen molar-refractivity contribution in [3.05, 3.63) is 0 Å². The van der Waals surface area contributed by atoms with Crippen LogP contribution in [0.1, 0.15) is 45.4 Å². The van der Waals surface area contributed by atoms with Gasteiger partial charge in [-0.3, -0.25) is 10.1 Å². The van der Waals surface area contributed by atoms with Crippen LogP contribution in [0.15, 0.2) is 0 Å². The molecule has 0 radical (unpaired) electrons. The lowest BCUT2D eigenvalue weighted by Gasteiger charge is -2.14. The van der Waals surface area contributed by atoms with E-state index in [9.17, 15) is 4.79 Å². The van der Waals surface area contributed by atoms with Gasteiger partial charge in [-0.1, -0.05) is 32.6 Å². The van der Waals surface area contributed by atoms with Crippen molar-refractivity contribution in [3.8, 4) is 0 Å². The minimum absolute atomic E-state index is 0.115. The Morgan fingerprint density at radius 2 is 2.20 bits per heavy atom. The molecule has 1 unspecified atom stereocenters. The third kappa shape index (κ3) is 2.94. The molecule has 0 aromatic rings. The first-order valence-corrected chi connectivity index (χ1v) is 6.33. The first kappa shape index (κ1) is 10.9. The Bertz CT molecular complexity index is 226. The summed E-state index contributed by atoms with van der Waals surface area (Å²) in [4.78, 5) is 13.9. The molecular formula is C12H22N2O. The Labute approximate surface area is 92.2 Å². The monoisotopic (exact) mass is 210 g/mol. The third-order valence-corrected chi connectivity index (χ3v) is 3.49. The molecular weight excluding hydrogens is 188 g/mol. The number of carbonyl (C=O) groups excluding carboxylic acids is 1. The van der Waals surface area contributed by atoms with Gasteiger partial charge in [0.2, 0.25) is 5.91 Å². The maximum absolute atomic E-state index is 11.9. The van der Waals surface area contributed by atoms with Crippen LogP contribution in [-0.2, 0) is 4.79 Å². The highest BCUT2D eigenvalue weighted by Gasteiger charge is 2.31. The van der Waals surface area contributed by atoms with Crippen molar-refractivity contribution >= 4 is 5.91 Å². The second kappa shape index (κ2) is 4.97. The fourth-order valence-electron chi connectivity index (χ4n) is 2.17. The van der Waals surface area contributed by atoms with E-state index >= 15 is 0 Å². The van der Waals surface area contributed by atoms with Crippen molar-refractivity contribution in [1.29, 1.82) is 0 Å². The third-order valence-electron chi connectivity index (χ3n) is 3.49. The summed E-state index contributed by atoms with van der Waals surface area (Å²) in [7, 11) is 0. The molecule has 3 nitrogen and oxygen atoms in total. The zero-order chi connectivity index (χ0) is 10.7. The highest BCUT2D eigenvalue weighted by Crippen LogP contribution is 2.32. The van der Waals surface area contributed by atoms with Gasteiger partial charge in [0, 0.05) is 6.54 Å². The lowest BCUT2D eigenvalue weighted by atomic mass is 10.1. The van der Waals surface area contributed by atoms with E-state index in [1.54, 1.807) is 0 Å². The van der Waals surface area contributed by atoms with Crippen LogP contribution in [-0.4, -0.2) is 30.1 Å². The van der Waals surface area contributed by atoms with Gasteiger partial charge in [-0.05, 0) is 18.8 Å². The Hall–Kier alpha value is -0.570. The van der Waals surface area contributed by atoms with E-state index in [0.29, 0.717) is 5.91 Å². The first-order valence-electron chi connectivity index (χ1n) is 6.33. The minimum atomic E-state index is 0.115. The molecule has 1 aliphatic carbocycles. The molecule has 15 heavy (non-hydrogen) atoms. The molecule has 3 heteroatoms. The fraction of sp³-hybridized carbons (Fsp3) is 0.917. The molecule has 2 fully saturated rings. The number of carbonyl (C=O) groups is 1. The average molecular weight is 210 g/mol. The maximum atomic E-state index is 11.9. The number of nitrogens with one attached hydrogen (secondary N) is 1. The molecule has 1 N–H and O–H groups in total. The van der Waals surface area contributed by atoms with Crippen molar-refractivity contribution in [1.82, 2.24) is 10.2 Å².